The molecule has 1 aromatic heterocycles. The molecule has 0 saturated heterocycles. The van der Waals surface area contributed by atoms with Gasteiger partial charge in [0.15, 0.2) is 0 Å². The monoisotopic (exact) mass is 293 g/mol. The molecule has 1 aromatic carbocycles. The number of nitrogen functional groups attached to an aromatic ring is 1. The molecular formula is C12H11N3O2S2. The molecule has 19 heavy (non-hydrogen) atoms. The second kappa shape index (κ2) is 4.91. The fourth-order valence-corrected chi connectivity index (χ4v) is 3.86. The lowest BCUT2D eigenvalue weighted by molar-refractivity contribution is 0.603. The molecule has 1 heterocycles. The molecule has 2 rings (SSSR count). The number of anilines is 2. The van der Waals surface area contributed by atoms with Gasteiger partial charge in [0.05, 0.1) is 11.3 Å². The molecule has 0 radical (unpaired) electrons. The standard InChI is InChI=1S/C12H11N3O2S2/c1-8-2-5-12(18-8)19(16,17)15-11-4-3-10(14)6-9(11)7-13/h2-6,15H,14H2,1H3. The summed E-state index contributed by atoms with van der Waals surface area (Å²) in [7, 11) is -3.66. The fraction of sp³-hybridized carbons (Fsp3) is 0.0833. The maximum Gasteiger partial charge on any atom is 0.271 e. The number of thiophene rings is 1. The number of nitrogens with one attached hydrogen (secondary N) is 1. The lowest BCUT2D eigenvalue weighted by Crippen LogP contribution is -2.12. The quantitative estimate of drug-likeness (QED) is 0.849. The fourth-order valence-electron chi connectivity index (χ4n) is 1.49. The Morgan fingerprint density at radius 3 is 2.63 bits per heavy atom. The van der Waals surface area contributed by atoms with E-state index in [4.69, 9.17) is 11.0 Å². The Morgan fingerprint density at radius 2 is 2.05 bits per heavy atom. The Hall–Kier alpha value is -2.04. The minimum Gasteiger partial charge on any atom is -0.399 e. The van der Waals surface area contributed by atoms with E-state index in [9.17, 15) is 8.42 Å². The van der Waals surface area contributed by atoms with Gasteiger partial charge in [-0.25, -0.2) is 8.42 Å². The van der Waals surface area contributed by atoms with Gasteiger partial charge in [0.1, 0.15) is 10.3 Å². The summed E-state index contributed by atoms with van der Waals surface area (Å²) in [5.74, 6) is 0. The number of benzene rings is 1. The van der Waals surface area contributed by atoms with Gasteiger partial charge in [0, 0.05) is 10.6 Å². The van der Waals surface area contributed by atoms with Gasteiger partial charge in [0.2, 0.25) is 0 Å². The van der Waals surface area contributed by atoms with E-state index in [0.717, 1.165) is 4.88 Å². The Morgan fingerprint density at radius 1 is 1.32 bits per heavy atom. The Labute approximate surface area is 115 Å². The van der Waals surface area contributed by atoms with Crippen molar-refractivity contribution in [1.82, 2.24) is 0 Å². The highest BCUT2D eigenvalue weighted by Gasteiger charge is 2.17. The normalized spacial score (nSPS) is 10.9. The van der Waals surface area contributed by atoms with E-state index in [2.05, 4.69) is 4.72 Å². The van der Waals surface area contributed by atoms with Crippen molar-refractivity contribution in [2.45, 2.75) is 11.1 Å². The van der Waals surface area contributed by atoms with E-state index in [1.54, 1.807) is 12.1 Å². The van der Waals surface area contributed by atoms with Gasteiger partial charge in [-0.2, -0.15) is 5.26 Å². The molecule has 0 aliphatic heterocycles. The summed E-state index contributed by atoms with van der Waals surface area (Å²) in [6, 6.07) is 9.62. The van der Waals surface area contributed by atoms with E-state index in [0.29, 0.717) is 5.69 Å². The van der Waals surface area contributed by atoms with Gasteiger partial charge < -0.3 is 5.73 Å². The van der Waals surface area contributed by atoms with Crippen LogP contribution in [0.15, 0.2) is 34.5 Å². The summed E-state index contributed by atoms with van der Waals surface area (Å²) in [6.45, 7) is 1.83. The number of rotatable bonds is 3. The average Bonchev–Trinajstić information content (AvgIpc) is 2.79. The largest absolute Gasteiger partial charge is 0.399 e. The highest BCUT2D eigenvalue weighted by atomic mass is 32.2. The first-order chi connectivity index (χ1) is 8.92. The molecule has 7 heteroatoms. The molecule has 98 valence electrons. The molecule has 0 saturated carbocycles. The molecule has 3 N–H and O–H groups in total. The lowest BCUT2D eigenvalue weighted by atomic mass is 10.2. The highest BCUT2D eigenvalue weighted by molar-refractivity contribution is 7.94. The van der Waals surface area contributed by atoms with E-state index in [1.165, 1.54) is 29.5 Å². The summed E-state index contributed by atoms with van der Waals surface area (Å²) in [5.41, 5.74) is 6.38. The second-order valence-corrected chi connectivity index (χ2v) is 7.08. The third-order valence-electron chi connectivity index (χ3n) is 2.39. The summed E-state index contributed by atoms with van der Waals surface area (Å²) < 4.78 is 26.9. The molecule has 0 fully saturated rings. The average molecular weight is 293 g/mol. The molecule has 0 aliphatic carbocycles. The van der Waals surface area contributed by atoms with Gasteiger partial charge in [-0.1, -0.05) is 0 Å². The predicted molar refractivity (Wildman–Crippen MR) is 75.4 cm³/mol. The molecule has 2 aromatic rings. The first-order valence-electron chi connectivity index (χ1n) is 5.31. The Kier molecular flexibility index (Phi) is 3.46. The molecule has 0 aliphatic rings. The number of sulfonamides is 1. The summed E-state index contributed by atoms with van der Waals surface area (Å²) in [4.78, 5) is 0.901. The van der Waals surface area contributed by atoms with E-state index in [1.807, 2.05) is 13.0 Å². The molecule has 0 spiro atoms. The first-order valence-corrected chi connectivity index (χ1v) is 7.61. The zero-order chi connectivity index (χ0) is 14.0. The summed E-state index contributed by atoms with van der Waals surface area (Å²) in [5, 5.41) is 8.98. The zero-order valence-corrected chi connectivity index (χ0v) is 11.7. The van der Waals surface area contributed by atoms with Crippen LogP contribution >= 0.6 is 11.3 Å². The van der Waals surface area contributed by atoms with Crippen LogP contribution in [0.25, 0.3) is 0 Å². The van der Waals surface area contributed by atoms with E-state index >= 15 is 0 Å². The number of hydrogen-bond acceptors (Lipinski definition) is 5. The SMILES string of the molecule is Cc1ccc(S(=O)(=O)Nc2ccc(N)cc2C#N)s1. The van der Waals surface area contributed by atoms with Crippen LogP contribution in [0.2, 0.25) is 0 Å². The van der Waals surface area contributed by atoms with Gasteiger partial charge in [-0.05, 0) is 37.3 Å². The first kappa shape index (κ1) is 13.4. The van der Waals surface area contributed by atoms with Crippen LogP contribution in [-0.2, 0) is 10.0 Å². The number of aryl methyl sites for hydroxylation is 1. The van der Waals surface area contributed by atoms with E-state index < -0.39 is 10.0 Å². The van der Waals surface area contributed by atoms with Crippen molar-refractivity contribution in [2.75, 3.05) is 10.5 Å². The minimum atomic E-state index is -3.66. The van der Waals surface area contributed by atoms with Crippen molar-refractivity contribution in [2.24, 2.45) is 0 Å². The van der Waals surface area contributed by atoms with Crippen molar-refractivity contribution in [3.05, 3.63) is 40.8 Å². The number of nitrogens with zero attached hydrogens (tertiary/aromatic N) is 1. The van der Waals surface area contributed by atoms with Crippen molar-refractivity contribution >= 4 is 32.7 Å². The molecule has 0 atom stereocenters. The van der Waals surface area contributed by atoms with Gasteiger partial charge >= 0.3 is 0 Å². The van der Waals surface area contributed by atoms with Crippen LogP contribution in [0.5, 0.6) is 0 Å². The molecule has 5 nitrogen and oxygen atoms in total. The van der Waals surface area contributed by atoms with Crippen molar-refractivity contribution in [1.29, 1.82) is 5.26 Å². The van der Waals surface area contributed by atoms with Crippen molar-refractivity contribution in [3.63, 3.8) is 0 Å². The van der Waals surface area contributed by atoms with Gasteiger partial charge in [-0.3, -0.25) is 4.72 Å². The van der Waals surface area contributed by atoms with Crippen molar-refractivity contribution < 1.29 is 8.42 Å². The molecule has 0 unspecified atom stereocenters. The number of nitriles is 1. The Balaban J connectivity index is 2.39. The van der Waals surface area contributed by atoms with Crippen LogP contribution in [-0.4, -0.2) is 8.42 Å². The smallest absolute Gasteiger partial charge is 0.271 e. The number of nitrogens with two attached hydrogens (primary N) is 1. The molecule has 0 amide bonds. The summed E-state index contributed by atoms with van der Waals surface area (Å²) >= 11 is 1.17. The maximum atomic E-state index is 12.1. The maximum absolute atomic E-state index is 12.1. The topological polar surface area (TPSA) is 96.0 Å². The summed E-state index contributed by atoms with van der Waals surface area (Å²) in [6.07, 6.45) is 0. The third kappa shape index (κ3) is 2.86. The van der Waals surface area contributed by atoms with Gasteiger partial charge in [0.25, 0.3) is 10.0 Å². The van der Waals surface area contributed by atoms with Crippen LogP contribution in [0.4, 0.5) is 11.4 Å². The third-order valence-corrected chi connectivity index (χ3v) is 5.25. The second-order valence-electron chi connectivity index (χ2n) is 3.89. The van der Waals surface area contributed by atoms with Gasteiger partial charge in [-0.15, -0.1) is 11.3 Å². The highest BCUT2D eigenvalue weighted by Crippen LogP contribution is 2.25. The molecule has 0 bridgehead atoms. The zero-order valence-electron chi connectivity index (χ0n) is 10.0. The lowest BCUT2D eigenvalue weighted by Gasteiger charge is -2.08. The Bertz CT molecular complexity index is 758. The number of hydrogen-bond donors (Lipinski definition) is 2. The van der Waals surface area contributed by atoms with Crippen LogP contribution in [0.1, 0.15) is 10.4 Å². The van der Waals surface area contributed by atoms with Crippen molar-refractivity contribution in [3.8, 4) is 6.07 Å². The molecular weight excluding hydrogens is 282 g/mol. The van der Waals surface area contributed by atoms with E-state index in [-0.39, 0.29) is 15.5 Å². The van der Waals surface area contributed by atoms with Crippen LogP contribution in [0, 0.1) is 18.3 Å². The van der Waals surface area contributed by atoms with Crippen LogP contribution < -0.4 is 10.5 Å². The predicted octanol–water partition coefficient (Wildman–Crippen LogP) is 2.31. The minimum absolute atomic E-state index is 0.192. The van der Waals surface area contributed by atoms with Crippen LogP contribution in [0.3, 0.4) is 0 Å².